The molecule has 0 aliphatic heterocycles. The maximum atomic E-state index is 11.9. The van der Waals surface area contributed by atoms with E-state index in [2.05, 4.69) is 52.4 Å². The number of aryl methyl sites for hydroxylation is 4. The first-order valence-electron chi connectivity index (χ1n) is 8.43. The van der Waals surface area contributed by atoms with Crippen molar-refractivity contribution in [2.75, 3.05) is 5.32 Å². The summed E-state index contributed by atoms with van der Waals surface area (Å²) < 4.78 is 1.65. The van der Waals surface area contributed by atoms with Crippen LogP contribution in [0.1, 0.15) is 35.0 Å². The predicted molar refractivity (Wildman–Crippen MR) is 99.3 cm³/mol. The van der Waals surface area contributed by atoms with Crippen LogP contribution in [0.25, 0.3) is 5.95 Å². The highest BCUT2D eigenvalue weighted by molar-refractivity contribution is 5.43. The second-order valence-corrected chi connectivity index (χ2v) is 6.35. The smallest absolute Gasteiger partial charge is 0.252 e. The molecule has 25 heavy (non-hydrogen) atoms. The zero-order chi connectivity index (χ0) is 18.0. The summed E-state index contributed by atoms with van der Waals surface area (Å²) in [5.74, 6) is 1.23. The quantitative estimate of drug-likeness (QED) is 0.750. The van der Waals surface area contributed by atoms with E-state index in [0.717, 1.165) is 17.2 Å². The molecule has 0 unspecified atom stereocenters. The van der Waals surface area contributed by atoms with Gasteiger partial charge in [0.2, 0.25) is 5.95 Å². The highest BCUT2D eigenvalue weighted by Gasteiger charge is 2.11. The number of anilines is 1. The molecule has 3 rings (SSSR count). The summed E-state index contributed by atoms with van der Waals surface area (Å²) in [7, 11) is 0. The van der Waals surface area contributed by atoms with Crippen LogP contribution < -0.4 is 10.9 Å². The Hall–Kier alpha value is -2.89. The van der Waals surface area contributed by atoms with Gasteiger partial charge in [-0.15, -0.1) is 0 Å². The normalized spacial score (nSPS) is 10.9. The summed E-state index contributed by atoms with van der Waals surface area (Å²) in [6.07, 6.45) is 0.697. The molecule has 2 aromatic heterocycles. The number of aromatic amines is 1. The van der Waals surface area contributed by atoms with Crippen LogP contribution in [0.4, 0.5) is 5.82 Å². The number of hydrogen-bond acceptors (Lipinski definition) is 4. The molecule has 6 nitrogen and oxygen atoms in total. The molecular formula is C19H23N5O. The molecule has 0 spiro atoms. The van der Waals surface area contributed by atoms with Crippen molar-refractivity contribution in [1.82, 2.24) is 19.7 Å². The minimum absolute atomic E-state index is 0.171. The van der Waals surface area contributed by atoms with Gasteiger partial charge < -0.3 is 5.32 Å². The van der Waals surface area contributed by atoms with Gasteiger partial charge in [0.25, 0.3) is 5.56 Å². The number of aromatic nitrogens is 4. The van der Waals surface area contributed by atoms with E-state index >= 15 is 0 Å². The standard InChI is InChI=1S/C19H23N5O/c1-5-16-10-18(25)22-19(21-16)24-17(9-14(4)23-24)20-11-15-7-12(2)6-13(3)8-15/h6-10,20H,5,11H2,1-4H3,(H,21,22,25). The van der Waals surface area contributed by atoms with Crippen LogP contribution >= 0.6 is 0 Å². The lowest BCUT2D eigenvalue weighted by Crippen LogP contribution is -2.16. The van der Waals surface area contributed by atoms with Crippen molar-refractivity contribution in [2.24, 2.45) is 0 Å². The van der Waals surface area contributed by atoms with Crippen LogP contribution in [-0.2, 0) is 13.0 Å². The van der Waals surface area contributed by atoms with Crippen molar-refractivity contribution in [3.05, 3.63) is 68.8 Å². The maximum absolute atomic E-state index is 11.9. The van der Waals surface area contributed by atoms with Gasteiger partial charge in [0.05, 0.1) is 5.69 Å². The Bertz CT molecular complexity index is 934. The van der Waals surface area contributed by atoms with Gasteiger partial charge in [-0.05, 0) is 32.8 Å². The molecule has 0 aliphatic rings. The lowest BCUT2D eigenvalue weighted by molar-refractivity contribution is 0.777. The number of nitrogens with one attached hydrogen (secondary N) is 2. The first-order chi connectivity index (χ1) is 11.9. The number of rotatable bonds is 5. The third kappa shape index (κ3) is 3.96. The molecule has 0 saturated carbocycles. The number of benzene rings is 1. The van der Waals surface area contributed by atoms with Crippen molar-refractivity contribution in [3.8, 4) is 5.95 Å². The van der Waals surface area contributed by atoms with Crippen molar-refractivity contribution < 1.29 is 0 Å². The van der Waals surface area contributed by atoms with E-state index in [0.29, 0.717) is 18.9 Å². The summed E-state index contributed by atoms with van der Waals surface area (Å²) in [5, 5.41) is 7.86. The fourth-order valence-electron chi connectivity index (χ4n) is 2.93. The van der Waals surface area contributed by atoms with E-state index in [4.69, 9.17) is 0 Å². The molecule has 0 aliphatic carbocycles. The predicted octanol–water partition coefficient (Wildman–Crippen LogP) is 3.06. The Kier molecular flexibility index (Phi) is 4.70. The Morgan fingerprint density at radius 1 is 1.08 bits per heavy atom. The minimum Gasteiger partial charge on any atom is -0.366 e. The highest BCUT2D eigenvalue weighted by Crippen LogP contribution is 2.16. The first-order valence-corrected chi connectivity index (χ1v) is 8.43. The molecule has 0 atom stereocenters. The topological polar surface area (TPSA) is 75.6 Å². The third-order valence-corrected chi connectivity index (χ3v) is 3.93. The van der Waals surface area contributed by atoms with E-state index in [1.807, 2.05) is 19.9 Å². The van der Waals surface area contributed by atoms with Crippen LogP contribution in [0.15, 0.2) is 35.1 Å². The van der Waals surface area contributed by atoms with Crippen LogP contribution in [0.3, 0.4) is 0 Å². The van der Waals surface area contributed by atoms with Gasteiger partial charge in [0, 0.05) is 24.4 Å². The number of hydrogen-bond donors (Lipinski definition) is 2. The van der Waals surface area contributed by atoms with Gasteiger partial charge in [-0.25, -0.2) is 4.98 Å². The van der Waals surface area contributed by atoms with Gasteiger partial charge in [0.15, 0.2) is 0 Å². The summed E-state index contributed by atoms with van der Waals surface area (Å²) in [4.78, 5) is 19.1. The SMILES string of the molecule is CCc1cc(=O)[nH]c(-n2nc(C)cc2NCc2cc(C)cc(C)c2)n1. The molecule has 0 bridgehead atoms. The second-order valence-electron chi connectivity index (χ2n) is 6.35. The van der Waals surface area contributed by atoms with E-state index in [1.165, 1.54) is 22.8 Å². The Labute approximate surface area is 146 Å². The molecule has 0 fully saturated rings. The Morgan fingerprint density at radius 2 is 1.80 bits per heavy atom. The molecule has 6 heteroatoms. The average Bonchev–Trinajstić information content (AvgIpc) is 2.92. The molecule has 0 radical (unpaired) electrons. The number of nitrogens with zero attached hydrogens (tertiary/aromatic N) is 3. The zero-order valence-electron chi connectivity index (χ0n) is 15.1. The van der Waals surface area contributed by atoms with Crippen molar-refractivity contribution in [2.45, 2.75) is 40.7 Å². The van der Waals surface area contributed by atoms with Gasteiger partial charge in [-0.3, -0.25) is 9.78 Å². The molecule has 0 saturated heterocycles. The monoisotopic (exact) mass is 337 g/mol. The highest BCUT2D eigenvalue weighted by atomic mass is 16.1. The van der Waals surface area contributed by atoms with Crippen LogP contribution in [0, 0.1) is 20.8 Å². The van der Waals surface area contributed by atoms with Crippen molar-refractivity contribution >= 4 is 5.82 Å². The molecule has 0 amide bonds. The summed E-state index contributed by atoms with van der Waals surface area (Å²) in [6, 6.07) is 9.93. The third-order valence-electron chi connectivity index (χ3n) is 3.93. The molecule has 2 N–H and O–H groups in total. The van der Waals surface area contributed by atoms with E-state index in [-0.39, 0.29) is 5.56 Å². The molecule has 2 heterocycles. The Morgan fingerprint density at radius 3 is 2.48 bits per heavy atom. The molecule has 1 aromatic carbocycles. The first kappa shape index (κ1) is 17.0. The van der Waals surface area contributed by atoms with Gasteiger partial charge in [-0.2, -0.15) is 9.78 Å². The van der Waals surface area contributed by atoms with Crippen LogP contribution in [0.5, 0.6) is 0 Å². The largest absolute Gasteiger partial charge is 0.366 e. The molecule has 3 aromatic rings. The fourth-order valence-corrected chi connectivity index (χ4v) is 2.93. The Balaban J connectivity index is 1.91. The molecule has 130 valence electrons. The molecular weight excluding hydrogens is 314 g/mol. The zero-order valence-corrected chi connectivity index (χ0v) is 15.1. The summed E-state index contributed by atoms with van der Waals surface area (Å²) in [5.41, 5.74) is 5.10. The lowest BCUT2D eigenvalue weighted by Gasteiger charge is -2.10. The lowest BCUT2D eigenvalue weighted by atomic mass is 10.1. The number of H-pyrrole nitrogens is 1. The maximum Gasteiger partial charge on any atom is 0.252 e. The summed E-state index contributed by atoms with van der Waals surface area (Å²) in [6.45, 7) is 8.75. The van der Waals surface area contributed by atoms with Gasteiger partial charge in [0.1, 0.15) is 5.82 Å². The van der Waals surface area contributed by atoms with Crippen molar-refractivity contribution in [1.29, 1.82) is 0 Å². The van der Waals surface area contributed by atoms with E-state index < -0.39 is 0 Å². The van der Waals surface area contributed by atoms with E-state index in [9.17, 15) is 4.79 Å². The fraction of sp³-hybridized carbons (Fsp3) is 0.316. The second kappa shape index (κ2) is 6.93. The van der Waals surface area contributed by atoms with E-state index in [1.54, 1.807) is 4.68 Å². The van der Waals surface area contributed by atoms with Crippen LogP contribution in [0.2, 0.25) is 0 Å². The van der Waals surface area contributed by atoms with Crippen LogP contribution in [-0.4, -0.2) is 19.7 Å². The van der Waals surface area contributed by atoms with Gasteiger partial charge in [-0.1, -0.05) is 36.2 Å². The van der Waals surface area contributed by atoms with Crippen molar-refractivity contribution in [3.63, 3.8) is 0 Å². The average molecular weight is 337 g/mol. The van der Waals surface area contributed by atoms with Gasteiger partial charge >= 0.3 is 0 Å². The minimum atomic E-state index is -0.171. The summed E-state index contributed by atoms with van der Waals surface area (Å²) >= 11 is 0.